The summed E-state index contributed by atoms with van der Waals surface area (Å²) in [6.07, 6.45) is -4.34. The van der Waals surface area contributed by atoms with Crippen molar-refractivity contribution in [2.24, 2.45) is 0 Å². The van der Waals surface area contributed by atoms with Gasteiger partial charge in [-0.15, -0.1) is 0 Å². The average Bonchev–Trinajstić information content (AvgIpc) is 2.55. The van der Waals surface area contributed by atoms with Gasteiger partial charge in [-0.1, -0.05) is 18.2 Å². The fourth-order valence-corrected chi connectivity index (χ4v) is 2.88. The molecule has 0 spiro atoms. The van der Waals surface area contributed by atoms with Crippen molar-refractivity contribution in [3.05, 3.63) is 35.4 Å². The number of nitrogens with one attached hydrogen (secondary N) is 2. The molecule has 0 saturated carbocycles. The van der Waals surface area contributed by atoms with Crippen molar-refractivity contribution in [2.45, 2.75) is 32.6 Å². The van der Waals surface area contributed by atoms with Gasteiger partial charge in [-0.2, -0.15) is 13.2 Å². The molecule has 0 atom stereocenters. The van der Waals surface area contributed by atoms with Gasteiger partial charge in [0.2, 0.25) is 5.91 Å². The minimum absolute atomic E-state index is 0.0582. The van der Waals surface area contributed by atoms with E-state index in [1.165, 1.54) is 12.1 Å². The lowest BCUT2D eigenvalue weighted by Gasteiger charge is -2.34. The Morgan fingerprint density at radius 2 is 1.74 bits per heavy atom. The molecule has 6 nitrogen and oxygen atoms in total. The van der Waals surface area contributed by atoms with E-state index >= 15 is 0 Å². The second kappa shape index (κ2) is 9.18. The van der Waals surface area contributed by atoms with E-state index in [0.29, 0.717) is 38.3 Å². The van der Waals surface area contributed by atoms with Crippen LogP contribution in [0.4, 0.5) is 18.0 Å². The normalized spacial score (nSPS) is 16.4. The van der Waals surface area contributed by atoms with Gasteiger partial charge in [-0.3, -0.25) is 19.9 Å². The molecule has 1 aromatic rings. The Morgan fingerprint density at radius 1 is 1.11 bits per heavy atom. The summed E-state index contributed by atoms with van der Waals surface area (Å²) in [4.78, 5) is 27.4. The maximum absolute atomic E-state index is 12.8. The zero-order valence-electron chi connectivity index (χ0n) is 15.5. The number of piperazine rings is 1. The monoisotopic (exact) mass is 386 g/mol. The number of halogens is 3. The van der Waals surface area contributed by atoms with Gasteiger partial charge in [0.15, 0.2) is 0 Å². The van der Waals surface area contributed by atoms with Gasteiger partial charge in [-0.25, -0.2) is 4.79 Å². The molecule has 1 aliphatic heterocycles. The zero-order chi connectivity index (χ0) is 20.0. The van der Waals surface area contributed by atoms with Crippen LogP contribution in [-0.2, 0) is 17.5 Å². The summed E-state index contributed by atoms with van der Waals surface area (Å²) in [7, 11) is 0. The Morgan fingerprint density at radius 3 is 2.33 bits per heavy atom. The highest BCUT2D eigenvalue weighted by Crippen LogP contribution is 2.29. The van der Waals surface area contributed by atoms with Crippen LogP contribution in [0.25, 0.3) is 0 Å². The summed E-state index contributed by atoms with van der Waals surface area (Å²) >= 11 is 0. The first-order valence-electron chi connectivity index (χ1n) is 8.84. The SMILES string of the molecule is CC(C)NC(=O)NC(=O)CN1CCN(Cc2cccc(C(F)(F)F)c2)CC1. The molecule has 0 aromatic heterocycles. The van der Waals surface area contributed by atoms with E-state index in [9.17, 15) is 22.8 Å². The lowest BCUT2D eigenvalue weighted by atomic mass is 10.1. The lowest BCUT2D eigenvalue weighted by Crippen LogP contribution is -2.51. The van der Waals surface area contributed by atoms with Crippen molar-refractivity contribution in [3.8, 4) is 0 Å². The summed E-state index contributed by atoms with van der Waals surface area (Å²) in [5.74, 6) is -0.375. The van der Waals surface area contributed by atoms with Crippen molar-refractivity contribution in [1.29, 1.82) is 0 Å². The van der Waals surface area contributed by atoms with Crippen LogP contribution in [0.3, 0.4) is 0 Å². The van der Waals surface area contributed by atoms with Gasteiger partial charge in [0.1, 0.15) is 0 Å². The van der Waals surface area contributed by atoms with E-state index in [1.54, 1.807) is 19.9 Å². The van der Waals surface area contributed by atoms with Crippen LogP contribution in [0, 0.1) is 0 Å². The van der Waals surface area contributed by atoms with E-state index in [-0.39, 0.29) is 18.5 Å². The second-order valence-corrected chi connectivity index (χ2v) is 6.93. The molecule has 1 saturated heterocycles. The smallest absolute Gasteiger partial charge is 0.336 e. The molecule has 2 rings (SSSR count). The Balaban J connectivity index is 1.77. The van der Waals surface area contributed by atoms with Crippen LogP contribution in [0.5, 0.6) is 0 Å². The molecule has 1 aromatic carbocycles. The predicted octanol–water partition coefficient (Wildman–Crippen LogP) is 2.06. The van der Waals surface area contributed by atoms with Crippen LogP contribution in [0.1, 0.15) is 25.0 Å². The number of rotatable bonds is 5. The van der Waals surface area contributed by atoms with Crippen molar-refractivity contribution in [1.82, 2.24) is 20.4 Å². The molecule has 9 heteroatoms. The molecule has 2 N–H and O–H groups in total. The molecule has 3 amide bonds. The highest BCUT2D eigenvalue weighted by molar-refractivity contribution is 5.95. The van der Waals surface area contributed by atoms with Crippen molar-refractivity contribution < 1.29 is 22.8 Å². The third-order valence-corrected chi connectivity index (χ3v) is 4.17. The minimum Gasteiger partial charge on any atom is -0.336 e. The zero-order valence-corrected chi connectivity index (χ0v) is 15.5. The maximum atomic E-state index is 12.8. The molecule has 1 aliphatic rings. The molecule has 0 radical (unpaired) electrons. The van der Waals surface area contributed by atoms with Gasteiger partial charge < -0.3 is 5.32 Å². The number of benzene rings is 1. The summed E-state index contributed by atoms with van der Waals surface area (Å²) < 4.78 is 38.4. The summed E-state index contributed by atoms with van der Waals surface area (Å²) in [6, 6.07) is 4.77. The number of carbonyl (C=O) groups is 2. The van der Waals surface area contributed by atoms with E-state index in [2.05, 4.69) is 15.5 Å². The number of alkyl halides is 3. The highest BCUT2D eigenvalue weighted by Gasteiger charge is 2.30. The molecular weight excluding hydrogens is 361 g/mol. The first kappa shape index (κ1) is 21.2. The Hall–Kier alpha value is -2.13. The van der Waals surface area contributed by atoms with Crippen LogP contribution in [0.2, 0.25) is 0 Å². The molecule has 150 valence electrons. The van der Waals surface area contributed by atoms with Gasteiger partial charge in [-0.05, 0) is 25.5 Å². The van der Waals surface area contributed by atoms with Crippen LogP contribution < -0.4 is 10.6 Å². The largest absolute Gasteiger partial charge is 0.416 e. The number of amides is 3. The van der Waals surface area contributed by atoms with Crippen LogP contribution in [-0.4, -0.2) is 60.5 Å². The van der Waals surface area contributed by atoms with Crippen molar-refractivity contribution >= 4 is 11.9 Å². The number of imide groups is 1. The first-order valence-corrected chi connectivity index (χ1v) is 8.84. The molecular formula is C18H25F3N4O2. The predicted molar refractivity (Wildman–Crippen MR) is 95.0 cm³/mol. The molecule has 1 heterocycles. The quantitative estimate of drug-likeness (QED) is 0.813. The second-order valence-electron chi connectivity index (χ2n) is 6.93. The lowest BCUT2D eigenvalue weighted by molar-refractivity contribution is -0.137. The third-order valence-electron chi connectivity index (χ3n) is 4.17. The van der Waals surface area contributed by atoms with E-state index in [4.69, 9.17) is 0 Å². The average molecular weight is 386 g/mol. The molecule has 0 bridgehead atoms. The number of urea groups is 1. The topological polar surface area (TPSA) is 64.7 Å². The van der Waals surface area contributed by atoms with E-state index in [0.717, 1.165) is 6.07 Å². The van der Waals surface area contributed by atoms with Crippen LogP contribution in [0.15, 0.2) is 24.3 Å². The standard InChI is InChI=1S/C18H25F3N4O2/c1-13(2)22-17(27)23-16(26)12-25-8-6-24(7-9-25)11-14-4-3-5-15(10-14)18(19,20)21/h3-5,10,13H,6-9,11-12H2,1-2H3,(H2,22,23,26,27). The van der Waals surface area contributed by atoms with Crippen LogP contribution >= 0.6 is 0 Å². The van der Waals surface area contributed by atoms with Gasteiger partial charge >= 0.3 is 12.2 Å². The fraction of sp³-hybridized carbons (Fsp3) is 0.556. The minimum atomic E-state index is -4.34. The van der Waals surface area contributed by atoms with E-state index in [1.807, 2.05) is 4.90 Å². The summed E-state index contributed by atoms with van der Waals surface area (Å²) in [5.41, 5.74) is -0.0312. The highest BCUT2D eigenvalue weighted by atomic mass is 19.4. The molecule has 1 fully saturated rings. The molecule has 0 aliphatic carbocycles. The Labute approximate surface area is 156 Å². The number of hydrogen-bond acceptors (Lipinski definition) is 4. The summed E-state index contributed by atoms with van der Waals surface area (Å²) in [5, 5.41) is 4.86. The molecule has 27 heavy (non-hydrogen) atoms. The van der Waals surface area contributed by atoms with Gasteiger partial charge in [0, 0.05) is 38.8 Å². The van der Waals surface area contributed by atoms with Crippen molar-refractivity contribution in [2.75, 3.05) is 32.7 Å². The van der Waals surface area contributed by atoms with E-state index < -0.39 is 17.8 Å². The summed E-state index contributed by atoms with van der Waals surface area (Å²) in [6.45, 7) is 6.64. The Bertz CT molecular complexity index is 656. The molecule has 0 unspecified atom stereocenters. The van der Waals surface area contributed by atoms with Crippen molar-refractivity contribution in [3.63, 3.8) is 0 Å². The third kappa shape index (κ3) is 7.18. The fourth-order valence-electron chi connectivity index (χ4n) is 2.88. The maximum Gasteiger partial charge on any atom is 0.416 e. The van der Waals surface area contributed by atoms with Gasteiger partial charge in [0.05, 0.1) is 12.1 Å². The number of carbonyl (C=O) groups excluding carboxylic acids is 2. The Kier molecular flexibility index (Phi) is 7.20. The number of hydrogen-bond donors (Lipinski definition) is 2. The van der Waals surface area contributed by atoms with Gasteiger partial charge in [0.25, 0.3) is 0 Å². The number of nitrogens with zero attached hydrogens (tertiary/aromatic N) is 2. The first-order chi connectivity index (χ1) is 12.6.